The average Bonchev–Trinajstić information content (AvgIpc) is 3.36. The lowest BCUT2D eigenvalue weighted by Crippen LogP contribution is -2.21. The van der Waals surface area contributed by atoms with Gasteiger partial charge in [-0.2, -0.15) is 0 Å². The van der Waals surface area contributed by atoms with E-state index in [-0.39, 0.29) is 5.56 Å². The summed E-state index contributed by atoms with van der Waals surface area (Å²) in [4.78, 5) is 29.3. The summed E-state index contributed by atoms with van der Waals surface area (Å²) < 4.78 is 5.18. The van der Waals surface area contributed by atoms with E-state index in [9.17, 15) is 9.59 Å². The number of aromatic nitrogens is 1. The van der Waals surface area contributed by atoms with Crippen LogP contribution in [-0.2, 0) is 9.53 Å². The number of nitrogens with two attached hydrogens (primary N) is 1. The van der Waals surface area contributed by atoms with Crippen LogP contribution in [0.2, 0.25) is 0 Å². The van der Waals surface area contributed by atoms with Crippen molar-refractivity contribution >= 4 is 44.8 Å². The molecule has 0 fully saturated rings. The van der Waals surface area contributed by atoms with Gasteiger partial charge in [-0.05, 0) is 34.0 Å². The first kappa shape index (κ1) is 22.3. The average molecular weight is 480 g/mol. The van der Waals surface area contributed by atoms with Gasteiger partial charge >= 0.3 is 5.97 Å². The zero-order chi connectivity index (χ0) is 24.2. The van der Waals surface area contributed by atoms with Crippen LogP contribution in [0.3, 0.4) is 0 Å². The maximum atomic E-state index is 12.5. The van der Waals surface area contributed by atoms with Gasteiger partial charge in [-0.1, -0.05) is 78.9 Å². The first-order valence-electron chi connectivity index (χ1n) is 10.9. The first-order valence-corrected chi connectivity index (χ1v) is 11.8. The molecule has 0 spiro atoms. The molecule has 0 aliphatic rings. The third-order valence-electron chi connectivity index (χ3n) is 5.51. The molecule has 6 nitrogen and oxygen atoms in total. The molecular formula is C28H21N3O3S. The summed E-state index contributed by atoms with van der Waals surface area (Å²) in [5, 5.41) is 6.77. The Morgan fingerprint density at radius 1 is 0.829 bits per heavy atom. The minimum absolute atomic E-state index is 0.229. The highest BCUT2D eigenvalue weighted by Gasteiger charge is 2.15. The molecule has 172 valence electrons. The summed E-state index contributed by atoms with van der Waals surface area (Å²) in [6.45, 7) is -0.439. The van der Waals surface area contributed by atoms with Crippen LogP contribution in [0.25, 0.3) is 33.2 Å². The van der Waals surface area contributed by atoms with Gasteiger partial charge < -0.3 is 10.5 Å². The van der Waals surface area contributed by atoms with Crippen LogP contribution in [0.5, 0.6) is 0 Å². The van der Waals surface area contributed by atoms with Crippen molar-refractivity contribution in [3.63, 3.8) is 0 Å². The molecule has 0 saturated carbocycles. The fourth-order valence-electron chi connectivity index (χ4n) is 3.73. The molecule has 0 aliphatic heterocycles. The second-order valence-corrected chi connectivity index (χ2v) is 8.75. The normalized spacial score (nSPS) is 10.7. The lowest BCUT2D eigenvalue weighted by molar-refractivity contribution is -0.119. The summed E-state index contributed by atoms with van der Waals surface area (Å²) in [6, 6.07) is 29.2. The number of nitrogens with zero attached hydrogens (tertiary/aromatic N) is 1. The number of esters is 1. The number of nitrogens with one attached hydrogen (secondary N) is 1. The molecule has 0 aliphatic carbocycles. The van der Waals surface area contributed by atoms with Crippen LogP contribution in [0.4, 0.5) is 10.8 Å². The minimum atomic E-state index is -0.651. The quantitative estimate of drug-likeness (QED) is 0.230. The fraction of sp³-hybridized carbons (Fsp3) is 0.0357. The van der Waals surface area contributed by atoms with Crippen molar-refractivity contribution in [3.8, 4) is 22.4 Å². The minimum Gasteiger partial charge on any atom is -0.452 e. The molecule has 0 unspecified atom stereocenters. The monoisotopic (exact) mass is 479 g/mol. The number of benzene rings is 4. The Kier molecular flexibility index (Phi) is 6.24. The molecule has 7 heteroatoms. The summed E-state index contributed by atoms with van der Waals surface area (Å²) in [5.41, 5.74) is 10.5. The van der Waals surface area contributed by atoms with Crippen LogP contribution in [0.1, 0.15) is 10.4 Å². The number of carbonyl (C=O) groups is 2. The molecule has 3 N–H and O–H groups in total. The van der Waals surface area contributed by atoms with Crippen LogP contribution < -0.4 is 11.1 Å². The fourth-order valence-corrected chi connectivity index (χ4v) is 4.46. The molecule has 1 heterocycles. The lowest BCUT2D eigenvalue weighted by Gasteiger charge is -2.08. The van der Waals surface area contributed by atoms with Crippen molar-refractivity contribution in [2.45, 2.75) is 0 Å². The third kappa shape index (κ3) is 5.05. The molecule has 1 aromatic heterocycles. The van der Waals surface area contributed by atoms with E-state index in [4.69, 9.17) is 10.5 Å². The summed E-state index contributed by atoms with van der Waals surface area (Å²) in [7, 11) is 0. The van der Waals surface area contributed by atoms with Gasteiger partial charge in [0.15, 0.2) is 11.7 Å². The number of fused-ring (bicyclic) bond motifs is 1. The van der Waals surface area contributed by atoms with Gasteiger partial charge in [0, 0.05) is 16.6 Å². The van der Waals surface area contributed by atoms with Crippen LogP contribution >= 0.6 is 11.3 Å². The van der Waals surface area contributed by atoms with E-state index in [0.717, 1.165) is 33.2 Å². The number of rotatable bonds is 6. The number of carbonyl (C=O) groups excluding carboxylic acids is 2. The van der Waals surface area contributed by atoms with Gasteiger partial charge in [0.05, 0.1) is 11.3 Å². The van der Waals surface area contributed by atoms with Gasteiger partial charge in [0.25, 0.3) is 5.91 Å². The molecule has 1 amide bonds. The molecule has 0 atom stereocenters. The smallest absolute Gasteiger partial charge is 0.340 e. The van der Waals surface area contributed by atoms with E-state index in [1.54, 1.807) is 12.1 Å². The molecular weight excluding hydrogens is 458 g/mol. The number of hydrogen-bond donors (Lipinski definition) is 2. The van der Waals surface area contributed by atoms with Crippen molar-refractivity contribution in [2.75, 3.05) is 17.7 Å². The number of nitrogen functional groups attached to an aromatic ring is 1. The van der Waals surface area contributed by atoms with Gasteiger partial charge in [0.2, 0.25) is 0 Å². The molecule has 5 rings (SSSR count). The molecule has 0 saturated heterocycles. The Morgan fingerprint density at radius 2 is 1.46 bits per heavy atom. The standard InChI is InChI=1S/C28H21N3O3S/c29-24-15-22-9-5-4-8-21(22)14-23(24)27(33)34-16-26(32)31-28-30-25(17-35-28)20-12-10-19(11-13-20)18-6-2-1-3-7-18/h1-15,17H,16,29H2,(H,30,31,32). The number of amides is 1. The summed E-state index contributed by atoms with van der Waals surface area (Å²) >= 11 is 1.30. The first-order chi connectivity index (χ1) is 17.1. The van der Waals surface area contributed by atoms with Gasteiger partial charge in [-0.25, -0.2) is 9.78 Å². The predicted octanol–water partition coefficient (Wildman–Crippen LogP) is 6.01. The predicted molar refractivity (Wildman–Crippen MR) is 140 cm³/mol. The Bertz CT molecular complexity index is 1510. The van der Waals surface area contributed by atoms with Crippen molar-refractivity contribution in [3.05, 3.63) is 102 Å². The molecule has 5 aromatic rings. The van der Waals surface area contributed by atoms with Crippen LogP contribution in [0, 0.1) is 0 Å². The van der Waals surface area contributed by atoms with E-state index in [1.807, 2.05) is 72.1 Å². The van der Waals surface area contributed by atoms with Gasteiger partial charge in [-0.15, -0.1) is 11.3 Å². The molecule has 35 heavy (non-hydrogen) atoms. The van der Waals surface area contributed by atoms with Crippen molar-refractivity contribution < 1.29 is 14.3 Å². The van der Waals surface area contributed by atoms with Gasteiger partial charge in [-0.3, -0.25) is 10.1 Å². The van der Waals surface area contributed by atoms with E-state index >= 15 is 0 Å². The molecule has 0 bridgehead atoms. The van der Waals surface area contributed by atoms with E-state index in [1.165, 1.54) is 11.3 Å². The second-order valence-electron chi connectivity index (χ2n) is 7.89. The van der Waals surface area contributed by atoms with Crippen molar-refractivity contribution in [2.24, 2.45) is 0 Å². The second kappa shape index (κ2) is 9.79. The van der Waals surface area contributed by atoms with E-state index in [0.29, 0.717) is 10.8 Å². The third-order valence-corrected chi connectivity index (χ3v) is 6.27. The van der Waals surface area contributed by atoms with E-state index < -0.39 is 18.5 Å². The summed E-state index contributed by atoms with van der Waals surface area (Å²) in [5.74, 6) is -1.13. The number of anilines is 2. The molecule has 0 radical (unpaired) electrons. The van der Waals surface area contributed by atoms with Crippen LogP contribution in [-0.4, -0.2) is 23.5 Å². The van der Waals surface area contributed by atoms with Crippen molar-refractivity contribution in [1.29, 1.82) is 0 Å². The molecule has 4 aromatic carbocycles. The van der Waals surface area contributed by atoms with Crippen LogP contribution in [0.15, 0.2) is 96.4 Å². The Hall–Kier alpha value is -4.49. The SMILES string of the molecule is Nc1cc2ccccc2cc1C(=O)OCC(=O)Nc1nc(-c2ccc(-c3ccccc3)cc2)cs1. The topological polar surface area (TPSA) is 94.3 Å². The number of hydrogen-bond acceptors (Lipinski definition) is 6. The zero-order valence-electron chi connectivity index (χ0n) is 18.6. The zero-order valence-corrected chi connectivity index (χ0v) is 19.4. The van der Waals surface area contributed by atoms with Crippen molar-refractivity contribution in [1.82, 2.24) is 4.98 Å². The Balaban J connectivity index is 1.19. The highest BCUT2D eigenvalue weighted by molar-refractivity contribution is 7.14. The number of ether oxygens (including phenoxy) is 1. The Labute approximate surface area is 206 Å². The summed E-state index contributed by atoms with van der Waals surface area (Å²) in [6.07, 6.45) is 0. The van der Waals surface area contributed by atoms with Gasteiger partial charge in [0.1, 0.15) is 0 Å². The Morgan fingerprint density at radius 3 is 2.20 bits per heavy atom. The van der Waals surface area contributed by atoms with E-state index in [2.05, 4.69) is 22.4 Å². The number of thiazole rings is 1. The largest absolute Gasteiger partial charge is 0.452 e. The highest BCUT2D eigenvalue weighted by Crippen LogP contribution is 2.28. The maximum Gasteiger partial charge on any atom is 0.340 e. The maximum absolute atomic E-state index is 12.5. The highest BCUT2D eigenvalue weighted by atomic mass is 32.1. The lowest BCUT2D eigenvalue weighted by atomic mass is 10.0.